The van der Waals surface area contributed by atoms with Gasteiger partial charge in [-0.05, 0) is 41.5 Å². The number of nitrogens with zero attached hydrogens (tertiary/aromatic N) is 7. The first-order valence-electron chi connectivity index (χ1n) is 19.5. The molecule has 4 heterocycles. The molecule has 0 unspecified atom stereocenters. The van der Waals surface area contributed by atoms with Gasteiger partial charge in [0, 0.05) is 49.7 Å². The third kappa shape index (κ3) is 8.91. The van der Waals surface area contributed by atoms with E-state index in [0.29, 0.717) is 90.7 Å². The number of rotatable bonds is 16. The van der Waals surface area contributed by atoms with Crippen molar-refractivity contribution in [2.75, 3.05) is 13.2 Å². The van der Waals surface area contributed by atoms with Crippen LogP contribution in [0.25, 0.3) is 44.4 Å². The van der Waals surface area contributed by atoms with Gasteiger partial charge < -0.3 is 18.3 Å². The van der Waals surface area contributed by atoms with Crippen molar-refractivity contribution in [1.29, 1.82) is 0 Å². The standard InChI is InChI=1S/C47H39N7O6/c55-43-26-45(35-14-8-3-9-15-35)60-46-25-39(16-18-40(43)46)58-23-21-54-31-37(49-51-54)29-52(27-33-10-4-1-5-11-33)28-36-30-53(50-48-36)20-22-57-38-17-19-44-41(24-38)47(56)42(32-59-44)34-12-6-2-7-13-34/h1-19,24-26,30-32H,20-23,27-29H2. The van der Waals surface area contributed by atoms with E-state index in [1.807, 2.05) is 91.3 Å². The highest BCUT2D eigenvalue weighted by atomic mass is 16.5. The lowest BCUT2D eigenvalue weighted by atomic mass is 10.1. The van der Waals surface area contributed by atoms with Crippen LogP contribution in [0, 0.1) is 0 Å². The zero-order chi connectivity index (χ0) is 40.7. The molecule has 5 aromatic carbocycles. The molecule has 0 aliphatic rings. The maximum atomic E-state index is 13.3. The molecule has 0 radical (unpaired) electrons. The summed E-state index contributed by atoms with van der Waals surface area (Å²) < 4.78 is 27.4. The van der Waals surface area contributed by atoms with Crippen LogP contribution in [0.2, 0.25) is 0 Å². The SMILES string of the molecule is O=c1cc(-c2ccccc2)oc2cc(OCCn3cc(CN(Cc4ccccc4)Cc4cn(CCOc5ccc6occ(-c7ccccc7)c(=O)c6c5)nn4)nn3)ccc12. The molecule has 9 rings (SSSR count). The fourth-order valence-electron chi connectivity index (χ4n) is 7.01. The van der Waals surface area contributed by atoms with E-state index in [0.717, 1.165) is 28.1 Å². The lowest BCUT2D eigenvalue weighted by molar-refractivity contribution is 0.241. The van der Waals surface area contributed by atoms with Gasteiger partial charge in [0.1, 0.15) is 47.9 Å². The number of hydrogen-bond donors (Lipinski definition) is 0. The molecule has 0 aliphatic carbocycles. The number of benzene rings is 5. The average molecular weight is 798 g/mol. The van der Waals surface area contributed by atoms with Crippen molar-refractivity contribution in [2.24, 2.45) is 0 Å². The number of ether oxygens (including phenoxy) is 2. The molecule has 60 heavy (non-hydrogen) atoms. The van der Waals surface area contributed by atoms with Crippen LogP contribution in [0.15, 0.2) is 171 Å². The zero-order valence-electron chi connectivity index (χ0n) is 32.5. The molecule has 0 amide bonds. The van der Waals surface area contributed by atoms with Crippen molar-refractivity contribution >= 4 is 21.9 Å². The molecule has 0 fully saturated rings. The lowest BCUT2D eigenvalue weighted by Crippen LogP contribution is -2.23. The van der Waals surface area contributed by atoms with Crippen molar-refractivity contribution in [3.63, 3.8) is 0 Å². The first-order valence-corrected chi connectivity index (χ1v) is 19.5. The molecular formula is C47H39N7O6. The van der Waals surface area contributed by atoms with Gasteiger partial charge in [0.2, 0.25) is 5.43 Å². The summed E-state index contributed by atoms with van der Waals surface area (Å²) in [5, 5.41) is 18.6. The van der Waals surface area contributed by atoms with E-state index in [1.165, 1.54) is 12.3 Å². The second kappa shape index (κ2) is 17.5. The number of fused-ring (bicyclic) bond motifs is 2. The summed E-state index contributed by atoms with van der Waals surface area (Å²) in [5.74, 6) is 1.66. The lowest BCUT2D eigenvalue weighted by Gasteiger charge is -2.20. The highest BCUT2D eigenvalue weighted by Gasteiger charge is 2.15. The van der Waals surface area contributed by atoms with Gasteiger partial charge in [-0.3, -0.25) is 14.5 Å². The van der Waals surface area contributed by atoms with E-state index in [1.54, 1.807) is 45.8 Å². The van der Waals surface area contributed by atoms with Gasteiger partial charge in [0.25, 0.3) is 0 Å². The molecule has 298 valence electrons. The minimum absolute atomic E-state index is 0.109. The van der Waals surface area contributed by atoms with E-state index in [2.05, 4.69) is 37.7 Å². The zero-order valence-corrected chi connectivity index (χ0v) is 32.5. The fourth-order valence-corrected chi connectivity index (χ4v) is 7.01. The molecule has 0 spiro atoms. The molecule has 13 heteroatoms. The Balaban J connectivity index is 0.811. The molecule has 0 N–H and O–H groups in total. The van der Waals surface area contributed by atoms with E-state index >= 15 is 0 Å². The second-order valence-corrected chi connectivity index (χ2v) is 14.3. The highest BCUT2D eigenvalue weighted by Crippen LogP contribution is 2.26. The summed E-state index contributed by atoms with van der Waals surface area (Å²) in [6.45, 7) is 3.31. The maximum Gasteiger partial charge on any atom is 0.200 e. The van der Waals surface area contributed by atoms with Gasteiger partial charge in [0.15, 0.2) is 5.43 Å². The molecular weight excluding hydrogens is 759 g/mol. The van der Waals surface area contributed by atoms with Gasteiger partial charge >= 0.3 is 0 Å². The van der Waals surface area contributed by atoms with E-state index in [9.17, 15) is 9.59 Å². The van der Waals surface area contributed by atoms with Crippen LogP contribution in [0.1, 0.15) is 17.0 Å². The summed E-state index contributed by atoms with van der Waals surface area (Å²) in [7, 11) is 0. The largest absolute Gasteiger partial charge is 0.492 e. The Morgan fingerprint density at radius 2 is 1.18 bits per heavy atom. The third-order valence-electron chi connectivity index (χ3n) is 9.96. The van der Waals surface area contributed by atoms with E-state index in [-0.39, 0.29) is 10.9 Å². The minimum atomic E-state index is -0.112. The predicted molar refractivity (Wildman–Crippen MR) is 226 cm³/mol. The van der Waals surface area contributed by atoms with Gasteiger partial charge in [0.05, 0.1) is 40.8 Å². The van der Waals surface area contributed by atoms with Gasteiger partial charge in [-0.1, -0.05) is 101 Å². The summed E-state index contributed by atoms with van der Waals surface area (Å²) >= 11 is 0. The third-order valence-corrected chi connectivity index (χ3v) is 9.96. The number of aromatic nitrogens is 6. The minimum Gasteiger partial charge on any atom is -0.492 e. The van der Waals surface area contributed by atoms with E-state index in [4.69, 9.17) is 18.3 Å². The van der Waals surface area contributed by atoms with Crippen LogP contribution in [-0.4, -0.2) is 48.1 Å². The Hall–Kier alpha value is -7.64. The molecule has 0 saturated carbocycles. The van der Waals surface area contributed by atoms with Gasteiger partial charge in [-0.2, -0.15) is 0 Å². The second-order valence-electron chi connectivity index (χ2n) is 14.3. The summed E-state index contributed by atoms with van der Waals surface area (Å²) in [6, 6.07) is 41.2. The van der Waals surface area contributed by atoms with Crippen LogP contribution in [0.5, 0.6) is 11.5 Å². The Kier molecular flexibility index (Phi) is 11.0. The predicted octanol–water partition coefficient (Wildman–Crippen LogP) is 7.78. The van der Waals surface area contributed by atoms with Gasteiger partial charge in [-0.15, -0.1) is 10.2 Å². The van der Waals surface area contributed by atoms with Crippen molar-refractivity contribution in [3.8, 4) is 33.9 Å². The summed E-state index contributed by atoms with van der Waals surface area (Å²) in [5.41, 5.74) is 5.62. The van der Waals surface area contributed by atoms with E-state index < -0.39 is 0 Å². The molecule has 4 aromatic heterocycles. The van der Waals surface area contributed by atoms with Crippen molar-refractivity contribution in [1.82, 2.24) is 34.9 Å². The van der Waals surface area contributed by atoms with Crippen molar-refractivity contribution in [2.45, 2.75) is 32.7 Å². The van der Waals surface area contributed by atoms with Crippen LogP contribution < -0.4 is 20.3 Å². The smallest absolute Gasteiger partial charge is 0.200 e. The van der Waals surface area contributed by atoms with Crippen LogP contribution >= 0.6 is 0 Å². The molecule has 9 aromatic rings. The fraction of sp³-hybridized carbons (Fsp3) is 0.149. The van der Waals surface area contributed by atoms with Crippen LogP contribution in [0.3, 0.4) is 0 Å². The van der Waals surface area contributed by atoms with Crippen LogP contribution in [-0.2, 0) is 32.7 Å². The maximum absolute atomic E-state index is 13.3. The number of hydrogen-bond acceptors (Lipinski definition) is 11. The normalized spacial score (nSPS) is 11.4. The first kappa shape index (κ1) is 37.9. The highest BCUT2D eigenvalue weighted by molar-refractivity contribution is 5.83. The molecule has 0 atom stereocenters. The van der Waals surface area contributed by atoms with Gasteiger partial charge in [-0.25, -0.2) is 9.36 Å². The average Bonchev–Trinajstić information content (AvgIpc) is 3.93. The van der Waals surface area contributed by atoms with Crippen LogP contribution in [0.4, 0.5) is 0 Å². The molecule has 0 saturated heterocycles. The molecule has 0 bridgehead atoms. The van der Waals surface area contributed by atoms with Crippen molar-refractivity contribution in [3.05, 3.63) is 190 Å². The topological polar surface area (TPSA) is 144 Å². The first-order chi connectivity index (χ1) is 29.5. The molecule has 13 nitrogen and oxygen atoms in total. The Bertz CT molecular complexity index is 2980. The quantitative estimate of drug-likeness (QED) is 0.0946. The Morgan fingerprint density at radius 1 is 0.583 bits per heavy atom. The molecule has 0 aliphatic heterocycles. The summed E-state index contributed by atoms with van der Waals surface area (Å²) in [4.78, 5) is 28.3. The Morgan fingerprint density at radius 3 is 1.85 bits per heavy atom. The monoisotopic (exact) mass is 797 g/mol. The van der Waals surface area contributed by atoms with Crippen molar-refractivity contribution < 1.29 is 18.3 Å². The summed E-state index contributed by atoms with van der Waals surface area (Å²) in [6.07, 6.45) is 5.33. The Labute approximate surface area is 343 Å².